The molecule has 0 aliphatic carbocycles. The van der Waals surface area contributed by atoms with Crippen LogP contribution in [0.5, 0.6) is 0 Å². The largest absolute Gasteiger partial charge is 0.478 e. The van der Waals surface area contributed by atoms with Gasteiger partial charge < -0.3 is 20.1 Å². The number of anilines is 2. The van der Waals surface area contributed by atoms with Crippen molar-refractivity contribution in [2.24, 2.45) is 5.92 Å². The quantitative estimate of drug-likeness (QED) is 0.665. The van der Waals surface area contributed by atoms with Crippen LogP contribution < -0.4 is 10.2 Å². The highest BCUT2D eigenvalue weighted by Gasteiger charge is 2.23. The predicted molar refractivity (Wildman–Crippen MR) is 129 cm³/mol. The number of rotatable bonds is 7. The van der Waals surface area contributed by atoms with Gasteiger partial charge in [0.15, 0.2) is 0 Å². The molecule has 2 heterocycles. The molecule has 7 nitrogen and oxygen atoms in total. The highest BCUT2D eigenvalue weighted by Crippen LogP contribution is 2.32. The Bertz CT molecular complexity index is 979. The summed E-state index contributed by atoms with van der Waals surface area (Å²) >= 11 is 0. The van der Waals surface area contributed by atoms with Crippen LogP contribution >= 0.6 is 0 Å². The highest BCUT2D eigenvalue weighted by molar-refractivity contribution is 6.06. The minimum absolute atomic E-state index is 0.165. The molecule has 0 radical (unpaired) electrons. The van der Waals surface area contributed by atoms with Gasteiger partial charge in [0.2, 0.25) is 0 Å². The number of nitrogens with zero attached hydrogens (tertiary/aromatic N) is 2. The first-order valence-electron chi connectivity index (χ1n) is 11.8. The zero-order valence-corrected chi connectivity index (χ0v) is 19.3. The van der Waals surface area contributed by atoms with Crippen LogP contribution in [-0.2, 0) is 4.74 Å². The molecule has 1 amide bonds. The van der Waals surface area contributed by atoms with Gasteiger partial charge in [0.1, 0.15) is 0 Å². The maximum absolute atomic E-state index is 12.9. The number of carboxylic acids is 1. The summed E-state index contributed by atoms with van der Waals surface area (Å²) in [7, 11) is 0. The molecule has 0 atom stereocenters. The molecule has 2 aromatic carbocycles. The normalized spacial score (nSPS) is 17.7. The molecular weight excluding hydrogens is 418 g/mol. The van der Waals surface area contributed by atoms with Crippen molar-refractivity contribution in [1.82, 2.24) is 4.90 Å². The standard InChI is InChI=1S/C26H33N3O4/c1-19-3-2-4-21(17-19)25(30)27-23-18-22(26(31)32)5-6-24(23)29-11-8-20(9-12-29)7-10-28-13-15-33-16-14-28/h2-6,17-18,20H,7-16H2,1H3,(H,27,30)(H,31,32). The van der Waals surface area contributed by atoms with Crippen molar-refractivity contribution in [2.75, 3.05) is 56.2 Å². The first-order chi connectivity index (χ1) is 16.0. The SMILES string of the molecule is Cc1cccc(C(=O)Nc2cc(C(=O)O)ccc2N2CCC(CCN3CCOCC3)CC2)c1. The van der Waals surface area contributed by atoms with E-state index in [0.29, 0.717) is 17.2 Å². The lowest BCUT2D eigenvalue weighted by Crippen LogP contribution is -2.39. The summed E-state index contributed by atoms with van der Waals surface area (Å²) < 4.78 is 5.44. The second-order valence-electron chi connectivity index (χ2n) is 9.03. The summed E-state index contributed by atoms with van der Waals surface area (Å²) in [6, 6.07) is 12.4. The van der Waals surface area contributed by atoms with Gasteiger partial charge in [-0.3, -0.25) is 9.69 Å². The van der Waals surface area contributed by atoms with Crippen LogP contribution in [-0.4, -0.2) is 67.8 Å². The van der Waals surface area contributed by atoms with Crippen LogP contribution in [0, 0.1) is 12.8 Å². The van der Waals surface area contributed by atoms with Crippen LogP contribution in [0.1, 0.15) is 45.5 Å². The van der Waals surface area contributed by atoms with E-state index < -0.39 is 5.97 Å². The van der Waals surface area contributed by atoms with Crippen molar-refractivity contribution in [1.29, 1.82) is 0 Å². The Morgan fingerprint density at radius 3 is 2.48 bits per heavy atom. The van der Waals surface area contributed by atoms with Crippen molar-refractivity contribution >= 4 is 23.3 Å². The van der Waals surface area contributed by atoms with Gasteiger partial charge in [-0.05, 0) is 69.0 Å². The Morgan fingerprint density at radius 2 is 1.79 bits per heavy atom. The fraction of sp³-hybridized carbons (Fsp3) is 0.462. The van der Waals surface area contributed by atoms with Gasteiger partial charge in [-0.2, -0.15) is 0 Å². The average molecular weight is 452 g/mol. The number of benzene rings is 2. The first-order valence-corrected chi connectivity index (χ1v) is 11.8. The molecule has 2 fully saturated rings. The van der Waals surface area contributed by atoms with E-state index in [1.165, 1.54) is 6.42 Å². The fourth-order valence-electron chi connectivity index (χ4n) is 4.68. The molecule has 2 N–H and O–H groups in total. The fourth-order valence-corrected chi connectivity index (χ4v) is 4.68. The van der Waals surface area contributed by atoms with Crippen molar-refractivity contribution < 1.29 is 19.4 Å². The van der Waals surface area contributed by atoms with Gasteiger partial charge in [-0.15, -0.1) is 0 Å². The predicted octanol–water partition coefficient (Wildman–Crippen LogP) is 3.88. The number of morpholine rings is 1. The minimum Gasteiger partial charge on any atom is -0.478 e. The molecule has 0 aromatic heterocycles. The molecule has 0 unspecified atom stereocenters. The Morgan fingerprint density at radius 1 is 1.03 bits per heavy atom. The van der Waals surface area contributed by atoms with Crippen molar-refractivity contribution in [3.05, 3.63) is 59.2 Å². The summed E-state index contributed by atoms with van der Waals surface area (Å²) in [5, 5.41) is 12.4. The molecule has 2 aliphatic heterocycles. The van der Waals surface area contributed by atoms with E-state index in [2.05, 4.69) is 15.1 Å². The lowest BCUT2D eigenvalue weighted by molar-refractivity contribution is 0.0349. The smallest absolute Gasteiger partial charge is 0.335 e. The lowest BCUT2D eigenvalue weighted by Gasteiger charge is -2.36. The van der Waals surface area contributed by atoms with Gasteiger partial charge in [0.05, 0.1) is 30.2 Å². The molecule has 2 aromatic rings. The molecule has 2 saturated heterocycles. The van der Waals surface area contributed by atoms with Gasteiger partial charge in [-0.25, -0.2) is 4.79 Å². The number of hydrogen-bond acceptors (Lipinski definition) is 5. The number of piperidine rings is 1. The zero-order chi connectivity index (χ0) is 23.2. The monoisotopic (exact) mass is 451 g/mol. The maximum atomic E-state index is 12.9. The second-order valence-corrected chi connectivity index (χ2v) is 9.03. The van der Waals surface area contributed by atoms with E-state index in [-0.39, 0.29) is 11.5 Å². The third kappa shape index (κ3) is 6.12. The molecule has 2 aliphatic rings. The number of carboxylic acid groups (broad SMARTS) is 1. The molecule has 0 bridgehead atoms. The number of ether oxygens (including phenoxy) is 1. The zero-order valence-electron chi connectivity index (χ0n) is 19.3. The van der Waals surface area contributed by atoms with E-state index in [1.807, 2.05) is 31.2 Å². The van der Waals surface area contributed by atoms with Gasteiger partial charge in [0, 0.05) is 31.7 Å². The molecule has 7 heteroatoms. The Labute approximate surface area is 195 Å². The van der Waals surface area contributed by atoms with E-state index in [9.17, 15) is 14.7 Å². The van der Waals surface area contributed by atoms with Crippen molar-refractivity contribution in [3.63, 3.8) is 0 Å². The van der Waals surface area contributed by atoms with Crippen LogP contribution in [0.3, 0.4) is 0 Å². The van der Waals surface area contributed by atoms with E-state index >= 15 is 0 Å². The van der Waals surface area contributed by atoms with Gasteiger partial charge >= 0.3 is 5.97 Å². The number of aryl methyl sites for hydroxylation is 1. The van der Waals surface area contributed by atoms with E-state index in [0.717, 1.165) is 70.0 Å². The Hall–Kier alpha value is -2.90. The number of amides is 1. The topological polar surface area (TPSA) is 82.1 Å². The highest BCUT2D eigenvalue weighted by atomic mass is 16.5. The third-order valence-corrected chi connectivity index (χ3v) is 6.68. The van der Waals surface area contributed by atoms with Gasteiger partial charge in [-0.1, -0.05) is 17.7 Å². The summed E-state index contributed by atoms with van der Waals surface area (Å²) in [6.45, 7) is 8.58. The molecule has 0 spiro atoms. The number of carbonyl (C=O) groups excluding carboxylic acids is 1. The van der Waals surface area contributed by atoms with Crippen LogP contribution in [0.15, 0.2) is 42.5 Å². The summed E-state index contributed by atoms with van der Waals surface area (Å²) in [6.07, 6.45) is 3.38. The lowest BCUT2D eigenvalue weighted by atomic mass is 9.92. The summed E-state index contributed by atoms with van der Waals surface area (Å²) in [5.41, 5.74) is 3.16. The first kappa shape index (κ1) is 23.3. The number of aromatic carboxylic acids is 1. The van der Waals surface area contributed by atoms with E-state index in [1.54, 1.807) is 18.2 Å². The van der Waals surface area contributed by atoms with Crippen molar-refractivity contribution in [2.45, 2.75) is 26.2 Å². The molecular formula is C26H33N3O4. The third-order valence-electron chi connectivity index (χ3n) is 6.68. The summed E-state index contributed by atoms with van der Waals surface area (Å²) in [4.78, 5) is 29.2. The average Bonchev–Trinajstić information content (AvgIpc) is 2.83. The minimum atomic E-state index is -1.01. The van der Waals surface area contributed by atoms with Crippen LogP contribution in [0.2, 0.25) is 0 Å². The Balaban J connectivity index is 1.42. The van der Waals surface area contributed by atoms with Crippen LogP contribution in [0.4, 0.5) is 11.4 Å². The second kappa shape index (κ2) is 10.8. The number of nitrogens with one attached hydrogen (secondary N) is 1. The van der Waals surface area contributed by atoms with Gasteiger partial charge in [0.25, 0.3) is 5.91 Å². The number of carbonyl (C=O) groups is 2. The molecule has 33 heavy (non-hydrogen) atoms. The van der Waals surface area contributed by atoms with Crippen molar-refractivity contribution in [3.8, 4) is 0 Å². The number of hydrogen-bond donors (Lipinski definition) is 2. The molecule has 176 valence electrons. The summed E-state index contributed by atoms with van der Waals surface area (Å²) in [5.74, 6) is -0.551. The maximum Gasteiger partial charge on any atom is 0.335 e. The molecule has 0 saturated carbocycles. The molecule has 4 rings (SSSR count). The van der Waals surface area contributed by atoms with Crippen LogP contribution in [0.25, 0.3) is 0 Å². The Kier molecular flexibility index (Phi) is 7.62. The van der Waals surface area contributed by atoms with E-state index in [4.69, 9.17) is 4.74 Å².